The number of nitrogens with one attached hydrogen (secondary N) is 2. The normalized spacial score (nSPS) is 25.1. The van der Waals surface area contributed by atoms with Gasteiger partial charge >= 0.3 is 12.6 Å². The average molecular weight is 597 g/mol. The Morgan fingerprint density at radius 1 is 1.30 bits per heavy atom. The number of aromatic nitrogens is 4. The molecule has 12 nitrogen and oxygen atoms in total. The van der Waals surface area contributed by atoms with Gasteiger partial charge in [-0.3, -0.25) is 9.36 Å². The first-order valence-electron chi connectivity index (χ1n) is 12.7. The third-order valence-corrected chi connectivity index (χ3v) is 8.67. The maximum absolute atomic E-state index is 16.0. The maximum atomic E-state index is 16.0. The van der Waals surface area contributed by atoms with E-state index in [1.165, 1.54) is 17.8 Å². The van der Waals surface area contributed by atoms with E-state index >= 15 is 4.39 Å². The Kier molecular flexibility index (Phi) is 9.08. The molecule has 3 aromatic rings. The molecule has 1 aliphatic heterocycles. The van der Waals surface area contributed by atoms with Crippen molar-refractivity contribution >= 4 is 41.4 Å². The molecule has 3 N–H and O–H groups in total. The van der Waals surface area contributed by atoms with Crippen LogP contribution in [0, 0.1) is 6.92 Å². The van der Waals surface area contributed by atoms with Crippen LogP contribution in [-0.2, 0) is 30.6 Å². The topological polar surface area (TPSA) is 142 Å². The number of aliphatic hydroxyl groups is 1. The SMILES string of the molecule is CNc1nc(C)nc2c1ncn2[C@@H]1O[C@H](CO[P@](=S)(N[C@@H](C)C(=O)OC(C)C)Oc2ccccc2)[C@@H](O)[C@@]1(C)F. The lowest BCUT2D eigenvalue weighted by atomic mass is 9.98. The van der Waals surface area contributed by atoms with E-state index in [0.717, 1.165) is 0 Å². The number of halogens is 1. The van der Waals surface area contributed by atoms with Crippen LogP contribution in [0.5, 0.6) is 5.75 Å². The average Bonchev–Trinajstić information content (AvgIpc) is 3.40. The van der Waals surface area contributed by atoms with Gasteiger partial charge in [0.15, 0.2) is 28.9 Å². The molecular formula is C25H34FN6O6PS. The standard InChI is InChI=1S/C25H34FN6O6PS/c1-14(2)36-23(34)15(3)31-39(40,38-17-10-8-7-9-11-17)35-12-18-20(33)25(5,26)24(37-18)32-13-28-19-21(27-6)29-16(4)30-22(19)32/h7-11,13-15,18,20,24,33H,12H2,1-6H3,(H,31,40)(H,27,29,30)/t15-,18+,20+,24+,25+,39+/m0/s1. The van der Waals surface area contributed by atoms with Gasteiger partial charge in [0.05, 0.1) is 19.0 Å². The molecular weight excluding hydrogens is 562 g/mol. The summed E-state index contributed by atoms with van der Waals surface area (Å²) in [6.45, 7) is 4.22. The van der Waals surface area contributed by atoms with E-state index in [-0.39, 0.29) is 12.7 Å². The number of carbonyl (C=O) groups is 1. The number of fused-ring (bicyclic) bond motifs is 1. The Bertz CT molecular complexity index is 1390. The van der Waals surface area contributed by atoms with Gasteiger partial charge < -0.3 is 28.9 Å². The summed E-state index contributed by atoms with van der Waals surface area (Å²) in [6.07, 6.45) is -2.94. The molecule has 0 bridgehead atoms. The number of rotatable bonds is 11. The summed E-state index contributed by atoms with van der Waals surface area (Å²) in [4.78, 5) is 25.5. The van der Waals surface area contributed by atoms with Crippen molar-refractivity contribution in [2.75, 3.05) is 19.0 Å². The Labute approximate surface area is 236 Å². The van der Waals surface area contributed by atoms with E-state index in [9.17, 15) is 9.90 Å². The third-order valence-electron chi connectivity index (χ3n) is 6.17. The fourth-order valence-corrected chi connectivity index (χ4v) is 6.65. The van der Waals surface area contributed by atoms with Crippen molar-refractivity contribution in [3.05, 3.63) is 42.5 Å². The van der Waals surface area contributed by atoms with Crippen molar-refractivity contribution < 1.29 is 32.8 Å². The van der Waals surface area contributed by atoms with Crippen LogP contribution in [0.25, 0.3) is 11.2 Å². The molecule has 0 unspecified atom stereocenters. The van der Waals surface area contributed by atoms with E-state index in [1.807, 2.05) is 6.07 Å². The highest BCUT2D eigenvalue weighted by Crippen LogP contribution is 2.48. The monoisotopic (exact) mass is 596 g/mol. The first-order chi connectivity index (χ1) is 18.8. The van der Waals surface area contributed by atoms with Gasteiger partial charge in [0, 0.05) is 7.05 Å². The van der Waals surface area contributed by atoms with Crippen molar-refractivity contribution in [2.24, 2.45) is 0 Å². The number of ether oxygens (including phenoxy) is 2. The van der Waals surface area contributed by atoms with Crippen molar-refractivity contribution in [3.8, 4) is 5.75 Å². The number of nitrogens with zero attached hydrogens (tertiary/aromatic N) is 4. The molecule has 1 aromatic carbocycles. The molecule has 218 valence electrons. The van der Waals surface area contributed by atoms with Gasteiger partial charge in [-0.25, -0.2) is 24.4 Å². The summed E-state index contributed by atoms with van der Waals surface area (Å²) in [5.74, 6) is 0.801. The Morgan fingerprint density at radius 2 is 2.00 bits per heavy atom. The first-order valence-corrected chi connectivity index (χ1v) is 15.4. The Balaban J connectivity index is 1.56. The zero-order valence-corrected chi connectivity index (χ0v) is 24.8. The van der Waals surface area contributed by atoms with E-state index in [2.05, 4.69) is 25.4 Å². The van der Waals surface area contributed by atoms with Gasteiger partial charge in [-0.2, -0.15) is 0 Å². The molecule has 0 amide bonds. The molecule has 4 rings (SSSR count). The van der Waals surface area contributed by atoms with Crippen molar-refractivity contribution in [3.63, 3.8) is 0 Å². The zero-order chi connectivity index (χ0) is 29.2. The van der Waals surface area contributed by atoms with Crippen LogP contribution in [0.4, 0.5) is 10.2 Å². The van der Waals surface area contributed by atoms with E-state index in [4.69, 9.17) is 30.3 Å². The van der Waals surface area contributed by atoms with Crippen molar-refractivity contribution in [1.29, 1.82) is 0 Å². The van der Waals surface area contributed by atoms with E-state index in [1.54, 1.807) is 59.0 Å². The van der Waals surface area contributed by atoms with Crippen LogP contribution in [0.3, 0.4) is 0 Å². The Hall–Kier alpha value is -2.74. The van der Waals surface area contributed by atoms with Crippen LogP contribution in [0.2, 0.25) is 0 Å². The van der Waals surface area contributed by atoms with Gasteiger partial charge in [-0.15, -0.1) is 0 Å². The highest BCUT2D eigenvalue weighted by molar-refractivity contribution is 8.09. The fourth-order valence-electron chi connectivity index (χ4n) is 4.23. The molecule has 2 aromatic heterocycles. The van der Waals surface area contributed by atoms with Gasteiger partial charge in [0.1, 0.15) is 29.8 Å². The van der Waals surface area contributed by atoms with Gasteiger partial charge in [0.25, 0.3) is 0 Å². The largest absolute Gasteiger partial charge is 0.462 e. The molecule has 0 radical (unpaired) electrons. The highest BCUT2D eigenvalue weighted by Gasteiger charge is 2.55. The van der Waals surface area contributed by atoms with E-state index in [0.29, 0.717) is 28.6 Å². The molecule has 1 fully saturated rings. The minimum absolute atomic E-state index is 0.329. The Morgan fingerprint density at radius 3 is 2.65 bits per heavy atom. The first kappa shape index (κ1) is 30.2. The predicted octanol–water partition coefficient (Wildman–Crippen LogP) is 3.41. The summed E-state index contributed by atoms with van der Waals surface area (Å²) >= 11 is 5.72. The molecule has 0 spiro atoms. The van der Waals surface area contributed by atoms with Gasteiger partial charge in [-0.05, 0) is 58.6 Å². The van der Waals surface area contributed by atoms with Gasteiger partial charge in [-0.1, -0.05) is 18.2 Å². The van der Waals surface area contributed by atoms with Crippen LogP contribution < -0.4 is 14.9 Å². The molecule has 1 saturated heterocycles. The van der Waals surface area contributed by atoms with Crippen molar-refractivity contribution in [1.82, 2.24) is 24.6 Å². The molecule has 6 atom stereocenters. The maximum Gasteiger partial charge on any atom is 0.323 e. The van der Waals surface area contributed by atoms with Crippen LogP contribution in [0.1, 0.15) is 39.7 Å². The molecule has 40 heavy (non-hydrogen) atoms. The van der Waals surface area contributed by atoms with Crippen molar-refractivity contribution in [2.45, 2.75) is 70.9 Å². The lowest BCUT2D eigenvalue weighted by molar-refractivity contribution is -0.149. The number of benzene rings is 1. The number of imidazole rings is 1. The number of esters is 1. The second kappa shape index (κ2) is 12.0. The third kappa shape index (κ3) is 6.42. The number of anilines is 1. The zero-order valence-electron chi connectivity index (χ0n) is 23.1. The minimum atomic E-state index is -3.43. The molecule has 0 aliphatic carbocycles. The number of para-hydroxylation sites is 1. The molecule has 15 heteroatoms. The van der Waals surface area contributed by atoms with Crippen LogP contribution in [-0.4, -0.2) is 74.3 Å². The van der Waals surface area contributed by atoms with E-state index < -0.39 is 42.8 Å². The fraction of sp³-hybridized carbons (Fsp3) is 0.520. The summed E-state index contributed by atoms with van der Waals surface area (Å²) in [7, 11) is 1.70. The second-order valence-corrected chi connectivity index (χ2v) is 13.0. The lowest BCUT2D eigenvalue weighted by Crippen LogP contribution is -2.41. The number of aryl methyl sites for hydroxylation is 1. The number of aliphatic hydroxyl groups excluding tert-OH is 1. The number of carbonyl (C=O) groups excluding carboxylic acids is 1. The smallest absolute Gasteiger partial charge is 0.323 e. The highest BCUT2D eigenvalue weighted by atomic mass is 32.5. The van der Waals surface area contributed by atoms with Crippen LogP contribution in [0.15, 0.2) is 36.7 Å². The number of hydrogen-bond acceptors (Lipinski definition) is 11. The summed E-state index contributed by atoms with van der Waals surface area (Å²) < 4.78 is 40.7. The lowest BCUT2D eigenvalue weighted by Gasteiger charge is -2.28. The molecule has 0 saturated carbocycles. The van der Waals surface area contributed by atoms with Gasteiger partial charge in [0.2, 0.25) is 0 Å². The summed E-state index contributed by atoms with van der Waals surface area (Å²) in [6, 6.07) is 7.83. The summed E-state index contributed by atoms with van der Waals surface area (Å²) in [5, 5.41) is 16.8. The number of hydrogen-bond donors (Lipinski definition) is 3. The quantitative estimate of drug-likeness (QED) is 0.221. The minimum Gasteiger partial charge on any atom is -0.462 e. The van der Waals surface area contributed by atoms with Crippen LogP contribution >= 0.6 is 6.64 Å². The predicted molar refractivity (Wildman–Crippen MR) is 150 cm³/mol. The molecule has 1 aliphatic rings. The molecule has 3 heterocycles. The second-order valence-electron chi connectivity index (χ2n) is 9.85. The number of alkyl halides is 1. The summed E-state index contributed by atoms with van der Waals surface area (Å²) in [5.41, 5.74) is -1.47.